The van der Waals surface area contributed by atoms with Crippen LogP contribution in [0.25, 0.3) is 11.5 Å². The molecular weight excluding hydrogens is 442 g/mol. The number of nitrogens with one attached hydrogen (secondary N) is 1. The van der Waals surface area contributed by atoms with Crippen LogP contribution < -0.4 is 15.1 Å². The van der Waals surface area contributed by atoms with E-state index in [-0.39, 0.29) is 0 Å². The van der Waals surface area contributed by atoms with Crippen LogP contribution in [-0.4, -0.2) is 85.2 Å². The second kappa shape index (κ2) is 9.50. The molecule has 1 saturated carbocycles. The first kappa shape index (κ1) is 22.9. The molecule has 188 valence electrons. The quantitative estimate of drug-likeness (QED) is 0.713. The van der Waals surface area contributed by atoms with Crippen molar-refractivity contribution in [3.8, 4) is 11.5 Å². The molecule has 0 amide bonds. The summed E-state index contributed by atoms with van der Waals surface area (Å²) in [5, 5.41) is 8.03. The number of ketones is 1. The fourth-order valence-electron chi connectivity index (χ4n) is 6.33. The van der Waals surface area contributed by atoms with Gasteiger partial charge in [-0.2, -0.15) is 0 Å². The summed E-state index contributed by atoms with van der Waals surface area (Å²) in [6.07, 6.45) is 7.41. The molecule has 2 aromatic rings. The fraction of sp³-hybridized carbons (Fsp3) is 0.692. The molecule has 9 nitrogen and oxygen atoms in total. The number of likely N-dealkylation sites (N-methyl/N-ethyl adjacent to an activating group) is 1. The Morgan fingerprint density at radius 1 is 0.886 bits per heavy atom. The number of piperazine rings is 1. The van der Waals surface area contributed by atoms with Crippen LogP contribution in [0.5, 0.6) is 0 Å². The number of hydrogen-bond donors (Lipinski definition) is 1. The number of carbonyl (C=O) groups is 1. The Kier molecular flexibility index (Phi) is 6.22. The third kappa shape index (κ3) is 4.22. The van der Waals surface area contributed by atoms with Crippen molar-refractivity contribution in [2.45, 2.75) is 56.8 Å². The molecule has 4 heterocycles. The molecule has 2 aliphatic carbocycles. The van der Waals surface area contributed by atoms with Gasteiger partial charge in [0.2, 0.25) is 0 Å². The van der Waals surface area contributed by atoms with Crippen LogP contribution in [0, 0.1) is 0 Å². The van der Waals surface area contributed by atoms with E-state index >= 15 is 0 Å². The van der Waals surface area contributed by atoms with Gasteiger partial charge in [0.15, 0.2) is 17.3 Å². The van der Waals surface area contributed by atoms with Gasteiger partial charge in [0.05, 0.1) is 5.41 Å². The zero-order chi connectivity index (χ0) is 23.8. The molecule has 2 aromatic heterocycles. The molecule has 3 fully saturated rings. The van der Waals surface area contributed by atoms with E-state index in [2.05, 4.69) is 38.3 Å². The number of Topliss-reactive ketones (excluding diaryl/α,β-unsaturated/α-hetero) is 1. The van der Waals surface area contributed by atoms with Crippen molar-refractivity contribution in [1.82, 2.24) is 25.3 Å². The molecule has 2 saturated heterocycles. The largest absolute Gasteiger partial charge is 0.359 e. The van der Waals surface area contributed by atoms with Crippen LogP contribution in [0.4, 0.5) is 11.6 Å². The first-order chi connectivity index (χ1) is 17.1. The Morgan fingerprint density at radius 2 is 1.66 bits per heavy atom. The Hall–Kier alpha value is -2.52. The van der Waals surface area contributed by atoms with Crippen LogP contribution >= 0.6 is 0 Å². The number of carbonyl (C=O) groups excluding carboxylic acids is 1. The minimum absolute atomic E-state index is 0.331. The standard InChI is InChI=1S/C26H37N7O2/c1-31-14-16-33(17-15-31)22-18-21(32-12-5-10-27-11-13-32)28-25(29-22)23-19-6-4-9-26(24(19)35-30-23)8-3-2-7-20(26)34/h18,27H,2-17H2,1H3/t26-/m1/s1. The first-order valence-electron chi connectivity index (χ1n) is 13.4. The Morgan fingerprint density at radius 3 is 2.46 bits per heavy atom. The normalized spacial score (nSPS) is 26.1. The maximum Gasteiger partial charge on any atom is 0.186 e. The minimum atomic E-state index is -0.481. The summed E-state index contributed by atoms with van der Waals surface area (Å²) in [5.41, 5.74) is 1.32. The fourth-order valence-corrected chi connectivity index (χ4v) is 6.33. The van der Waals surface area contributed by atoms with E-state index in [0.717, 1.165) is 126 Å². The van der Waals surface area contributed by atoms with E-state index in [9.17, 15) is 4.79 Å². The van der Waals surface area contributed by atoms with E-state index in [1.165, 1.54) is 0 Å². The van der Waals surface area contributed by atoms with Crippen molar-refractivity contribution >= 4 is 17.4 Å². The highest BCUT2D eigenvalue weighted by atomic mass is 16.5. The minimum Gasteiger partial charge on any atom is -0.359 e. The Labute approximate surface area is 207 Å². The van der Waals surface area contributed by atoms with Gasteiger partial charge in [0, 0.05) is 63.9 Å². The molecule has 6 rings (SSSR count). The zero-order valence-electron chi connectivity index (χ0n) is 20.9. The summed E-state index contributed by atoms with van der Waals surface area (Å²) >= 11 is 0. The summed E-state index contributed by atoms with van der Waals surface area (Å²) in [6, 6.07) is 2.15. The van der Waals surface area contributed by atoms with E-state index in [1.807, 2.05) is 0 Å². The van der Waals surface area contributed by atoms with Crippen molar-refractivity contribution < 1.29 is 9.32 Å². The lowest BCUT2D eigenvalue weighted by atomic mass is 9.64. The lowest BCUT2D eigenvalue weighted by Crippen LogP contribution is -2.45. The smallest absolute Gasteiger partial charge is 0.186 e. The Balaban J connectivity index is 1.41. The number of nitrogens with zero attached hydrogens (tertiary/aromatic N) is 6. The van der Waals surface area contributed by atoms with Crippen LogP contribution in [0.1, 0.15) is 56.3 Å². The summed E-state index contributed by atoms with van der Waals surface area (Å²) < 4.78 is 6.02. The van der Waals surface area contributed by atoms with E-state index in [0.29, 0.717) is 18.0 Å². The molecule has 0 bridgehead atoms. The van der Waals surface area contributed by atoms with Crippen molar-refractivity contribution in [2.75, 3.05) is 69.2 Å². The highest BCUT2D eigenvalue weighted by Crippen LogP contribution is 2.47. The Bertz CT molecular complexity index is 1070. The van der Waals surface area contributed by atoms with Crippen molar-refractivity contribution in [3.63, 3.8) is 0 Å². The van der Waals surface area contributed by atoms with Crippen molar-refractivity contribution in [2.24, 2.45) is 0 Å². The van der Waals surface area contributed by atoms with Crippen LogP contribution in [0.2, 0.25) is 0 Å². The second-order valence-electron chi connectivity index (χ2n) is 10.7. The van der Waals surface area contributed by atoms with Gasteiger partial charge in [0.1, 0.15) is 17.4 Å². The summed E-state index contributed by atoms with van der Waals surface area (Å²) in [6.45, 7) is 7.82. The highest BCUT2D eigenvalue weighted by molar-refractivity contribution is 5.91. The number of anilines is 2. The molecule has 35 heavy (non-hydrogen) atoms. The van der Waals surface area contributed by atoms with Gasteiger partial charge in [-0.1, -0.05) is 11.6 Å². The molecule has 1 N–H and O–H groups in total. The average Bonchev–Trinajstić information content (AvgIpc) is 3.14. The predicted molar refractivity (Wildman–Crippen MR) is 135 cm³/mol. The molecule has 1 atom stereocenters. The van der Waals surface area contributed by atoms with Crippen LogP contribution in [0.3, 0.4) is 0 Å². The zero-order valence-corrected chi connectivity index (χ0v) is 20.9. The van der Waals surface area contributed by atoms with E-state index in [4.69, 9.17) is 14.5 Å². The first-order valence-corrected chi connectivity index (χ1v) is 13.4. The monoisotopic (exact) mass is 479 g/mol. The third-order valence-corrected chi connectivity index (χ3v) is 8.45. The molecule has 0 aromatic carbocycles. The van der Waals surface area contributed by atoms with E-state index < -0.39 is 5.41 Å². The maximum absolute atomic E-state index is 13.1. The predicted octanol–water partition coefficient (Wildman–Crippen LogP) is 2.40. The van der Waals surface area contributed by atoms with Gasteiger partial charge in [-0.15, -0.1) is 0 Å². The van der Waals surface area contributed by atoms with Crippen LogP contribution in [-0.2, 0) is 16.6 Å². The molecule has 0 unspecified atom stereocenters. The van der Waals surface area contributed by atoms with Crippen molar-refractivity contribution in [3.05, 3.63) is 17.4 Å². The summed E-state index contributed by atoms with van der Waals surface area (Å²) in [5.74, 6) is 3.70. The van der Waals surface area contributed by atoms with Gasteiger partial charge in [0.25, 0.3) is 0 Å². The lowest BCUT2D eigenvalue weighted by Gasteiger charge is -2.36. The molecule has 9 heteroatoms. The van der Waals surface area contributed by atoms with Crippen molar-refractivity contribution in [1.29, 1.82) is 0 Å². The average molecular weight is 480 g/mol. The van der Waals surface area contributed by atoms with E-state index in [1.54, 1.807) is 0 Å². The molecule has 1 spiro atoms. The van der Waals surface area contributed by atoms with Gasteiger partial charge < -0.3 is 24.5 Å². The highest BCUT2D eigenvalue weighted by Gasteiger charge is 2.48. The number of aromatic nitrogens is 3. The van der Waals surface area contributed by atoms with Gasteiger partial charge >= 0.3 is 0 Å². The number of hydrogen-bond acceptors (Lipinski definition) is 9. The van der Waals surface area contributed by atoms with Gasteiger partial charge in [-0.3, -0.25) is 4.79 Å². The molecule has 4 aliphatic rings. The van der Waals surface area contributed by atoms with Gasteiger partial charge in [-0.25, -0.2) is 9.97 Å². The van der Waals surface area contributed by atoms with Crippen LogP contribution in [0.15, 0.2) is 10.6 Å². The lowest BCUT2D eigenvalue weighted by molar-refractivity contribution is -0.128. The topological polar surface area (TPSA) is 90.6 Å². The molecule has 0 radical (unpaired) electrons. The molecular formula is C26H37N7O2. The molecule has 2 aliphatic heterocycles. The summed E-state index contributed by atoms with van der Waals surface area (Å²) in [7, 11) is 2.17. The third-order valence-electron chi connectivity index (χ3n) is 8.45. The number of rotatable bonds is 3. The SMILES string of the molecule is CN1CCN(c2cc(N3CCCNCC3)nc(-c3noc4c3CCC[C@@]43CCCCC3=O)n2)CC1. The number of fused-ring (bicyclic) bond motifs is 2. The van der Waals surface area contributed by atoms with Gasteiger partial charge in [-0.05, 0) is 52.1 Å². The maximum atomic E-state index is 13.1. The second-order valence-corrected chi connectivity index (χ2v) is 10.7. The summed E-state index contributed by atoms with van der Waals surface area (Å²) in [4.78, 5) is 30.3.